The first-order chi connectivity index (χ1) is 13.5. The van der Waals surface area contributed by atoms with Gasteiger partial charge in [0.05, 0.1) is 5.54 Å². The largest absolute Gasteiger partial charge is 0.490 e. The monoisotopic (exact) mass is 385 g/mol. The van der Waals surface area contributed by atoms with Crippen molar-refractivity contribution in [3.8, 4) is 5.75 Å². The lowest BCUT2D eigenvalue weighted by Gasteiger charge is -2.28. The van der Waals surface area contributed by atoms with Crippen LogP contribution in [0.3, 0.4) is 0 Å². The van der Waals surface area contributed by atoms with Gasteiger partial charge in [-0.05, 0) is 63.1 Å². The van der Waals surface area contributed by atoms with Gasteiger partial charge in [0.15, 0.2) is 5.82 Å². The van der Waals surface area contributed by atoms with E-state index in [1.165, 1.54) is 5.56 Å². The molecule has 0 saturated heterocycles. The normalized spacial score (nSPS) is 19.7. The second-order valence-electron chi connectivity index (χ2n) is 8.52. The summed E-state index contributed by atoms with van der Waals surface area (Å²) in [6.45, 7) is 6.87. The van der Waals surface area contributed by atoms with Crippen molar-refractivity contribution in [2.75, 3.05) is 13.2 Å². The molecule has 6 heteroatoms. The lowest BCUT2D eigenvalue weighted by atomic mass is 9.96. The summed E-state index contributed by atoms with van der Waals surface area (Å²) in [6, 6.07) is 4.16. The molecule has 2 fully saturated rings. The van der Waals surface area contributed by atoms with Gasteiger partial charge in [0, 0.05) is 12.5 Å². The maximum atomic E-state index is 10.5. The zero-order valence-corrected chi connectivity index (χ0v) is 17.1. The average Bonchev–Trinajstić information content (AvgIpc) is 3.21. The minimum absolute atomic E-state index is 0.258. The van der Waals surface area contributed by atoms with Crippen molar-refractivity contribution in [1.82, 2.24) is 15.5 Å². The van der Waals surface area contributed by atoms with Crippen molar-refractivity contribution < 1.29 is 14.4 Å². The summed E-state index contributed by atoms with van der Waals surface area (Å²) in [5.74, 6) is 2.86. The van der Waals surface area contributed by atoms with Crippen LogP contribution in [0.4, 0.5) is 0 Å². The van der Waals surface area contributed by atoms with Crippen molar-refractivity contribution >= 4 is 0 Å². The summed E-state index contributed by atoms with van der Waals surface area (Å²) in [4.78, 5) is 4.68. The van der Waals surface area contributed by atoms with E-state index in [0.717, 1.165) is 67.1 Å². The van der Waals surface area contributed by atoms with E-state index >= 15 is 0 Å². The van der Waals surface area contributed by atoms with Crippen LogP contribution in [0.25, 0.3) is 0 Å². The topological polar surface area (TPSA) is 80.4 Å². The van der Waals surface area contributed by atoms with E-state index in [9.17, 15) is 5.11 Å². The van der Waals surface area contributed by atoms with E-state index in [1.54, 1.807) is 0 Å². The van der Waals surface area contributed by atoms with Gasteiger partial charge in [-0.1, -0.05) is 30.1 Å². The van der Waals surface area contributed by atoms with Crippen LogP contribution in [0.1, 0.15) is 72.8 Å². The summed E-state index contributed by atoms with van der Waals surface area (Å²) in [7, 11) is 0. The van der Waals surface area contributed by atoms with Gasteiger partial charge < -0.3 is 19.7 Å². The fraction of sp³-hybridized carbons (Fsp3) is 0.636. The first kappa shape index (κ1) is 19.4. The molecule has 0 radical (unpaired) electrons. The Labute approximate surface area is 166 Å². The van der Waals surface area contributed by atoms with Crippen LogP contribution in [-0.4, -0.2) is 34.5 Å². The van der Waals surface area contributed by atoms with Crippen LogP contribution in [0.5, 0.6) is 5.75 Å². The number of rotatable bonds is 8. The van der Waals surface area contributed by atoms with Gasteiger partial charge in [0.2, 0.25) is 5.89 Å². The molecule has 1 aromatic heterocycles. The number of aliphatic hydroxyl groups is 1. The van der Waals surface area contributed by atoms with Gasteiger partial charge in [-0.3, -0.25) is 0 Å². The van der Waals surface area contributed by atoms with Gasteiger partial charge in [-0.25, -0.2) is 0 Å². The summed E-state index contributed by atoms with van der Waals surface area (Å²) in [5, 5.41) is 18.4. The molecule has 0 bridgehead atoms. The highest BCUT2D eigenvalue weighted by Crippen LogP contribution is 2.42. The molecule has 2 aliphatic carbocycles. The molecule has 28 heavy (non-hydrogen) atoms. The first-order valence-electron chi connectivity index (χ1n) is 10.5. The molecular formula is C22H31N3O3. The van der Waals surface area contributed by atoms with Gasteiger partial charge in [-0.15, -0.1) is 0 Å². The number of hydrogen-bond donors (Lipinski definition) is 2. The zero-order valence-electron chi connectivity index (χ0n) is 17.1. The highest BCUT2D eigenvalue weighted by molar-refractivity contribution is 5.44. The van der Waals surface area contributed by atoms with Gasteiger partial charge in [0.25, 0.3) is 0 Å². The summed E-state index contributed by atoms with van der Waals surface area (Å²) < 4.78 is 11.5. The summed E-state index contributed by atoms with van der Waals surface area (Å²) >= 11 is 0. The predicted molar refractivity (Wildman–Crippen MR) is 107 cm³/mol. The molecule has 6 nitrogen and oxygen atoms in total. The van der Waals surface area contributed by atoms with Crippen LogP contribution < -0.4 is 10.1 Å². The average molecular weight is 386 g/mol. The Morgan fingerprint density at radius 3 is 2.64 bits per heavy atom. The number of aryl methyl sites for hydroxylation is 2. The number of nitrogens with zero attached hydrogens (tertiary/aromatic N) is 2. The third-order valence-electron chi connectivity index (χ3n) is 6.22. The second kappa shape index (κ2) is 7.84. The van der Waals surface area contributed by atoms with E-state index in [-0.39, 0.29) is 12.1 Å². The summed E-state index contributed by atoms with van der Waals surface area (Å²) in [6.07, 6.45) is 5.90. The SMILES string of the molecule is Cc1ccc(C)c(OCC(O)CNC2(c3noc(C4CC4)n3)CCCC2)c1C. The third-order valence-corrected chi connectivity index (χ3v) is 6.22. The summed E-state index contributed by atoms with van der Waals surface area (Å²) in [5.41, 5.74) is 3.13. The molecule has 0 aliphatic heterocycles. The molecule has 1 unspecified atom stereocenters. The van der Waals surface area contributed by atoms with Gasteiger partial charge in [0.1, 0.15) is 18.5 Å². The number of hydrogen-bond acceptors (Lipinski definition) is 6. The Kier molecular flexibility index (Phi) is 5.43. The molecule has 1 atom stereocenters. The Morgan fingerprint density at radius 1 is 1.21 bits per heavy atom. The lowest BCUT2D eigenvalue weighted by Crippen LogP contribution is -2.45. The predicted octanol–water partition coefficient (Wildman–Crippen LogP) is 3.67. The Balaban J connectivity index is 1.37. The zero-order chi connectivity index (χ0) is 19.7. The van der Waals surface area contributed by atoms with E-state index in [2.05, 4.69) is 41.4 Å². The first-order valence-corrected chi connectivity index (χ1v) is 10.5. The smallest absolute Gasteiger partial charge is 0.229 e. The van der Waals surface area contributed by atoms with Crippen LogP contribution in [0.15, 0.2) is 16.7 Å². The molecule has 0 amide bonds. The Bertz CT molecular complexity index is 822. The van der Waals surface area contributed by atoms with E-state index in [4.69, 9.17) is 9.26 Å². The maximum absolute atomic E-state index is 10.5. The van der Waals surface area contributed by atoms with Crippen LogP contribution >= 0.6 is 0 Å². The highest BCUT2D eigenvalue weighted by atomic mass is 16.5. The van der Waals surface area contributed by atoms with Crippen molar-refractivity contribution in [3.63, 3.8) is 0 Å². The third kappa shape index (κ3) is 3.94. The van der Waals surface area contributed by atoms with Crippen LogP contribution in [-0.2, 0) is 5.54 Å². The molecule has 2 N–H and O–H groups in total. The minimum atomic E-state index is -0.605. The van der Waals surface area contributed by atoms with E-state index in [0.29, 0.717) is 12.5 Å². The van der Waals surface area contributed by atoms with Crippen molar-refractivity contribution in [3.05, 3.63) is 40.5 Å². The van der Waals surface area contributed by atoms with E-state index in [1.807, 2.05) is 6.92 Å². The fourth-order valence-corrected chi connectivity index (χ4v) is 4.08. The van der Waals surface area contributed by atoms with Gasteiger partial charge in [-0.2, -0.15) is 4.98 Å². The Hall–Kier alpha value is -1.92. The maximum Gasteiger partial charge on any atom is 0.229 e. The number of nitrogens with one attached hydrogen (secondary N) is 1. The molecule has 152 valence electrons. The van der Waals surface area contributed by atoms with Crippen molar-refractivity contribution in [1.29, 1.82) is 0 Å². The van der Waals surface area contributed by atoms with Crippen LogP contribution in [0, 0.1) is 20.8 Å². The standard InChI is InChI=1S/C22H31N3O3/c1-14-6-7-15(2)19(16(14)3)27-13-18(26)12-23-22(10-4-5-11-22)21-24-20(28-25-21)17-8-9-17/h6-7,17-18,23,26H,4-5,8-13H2,1-3H3. The molecule has 1 heterocycles. The number of aliphatic hydroxyl groups excluding tert-OH is 1. The fourth-order valence-electron chi connectivity index (χ4n) is 4.08. The second-order valence-corrected chi connectivity index (χ2v) is 8.52. The molecule has 4 rings (SSSR count). The van der Waals surface area contributed by atoms with Gasteiger partial charge >= 0.3 is 0 Å². The molecule has 1 aromatic carbocycles. The van der Waals surface area contributed by atoms with E-state index < -0.39 is 6.10 Å². The van der Waals surface area contributed by atoms with Crippen molar-refractivity contribution in [2.24, 2.45) is 0 Å². The molecular weight excluding hydrogens is 354 g/mol. The highest BCUT2D eigenvalue weighted by Gasteiger charge is 2.41. The molecule has 2 aromatic rings. The molecule has 2 aliphatic rings. The number of benzene rings is 1. The number of aromatic nitrogens is 2. The Morgan fingerprint density at radius 2 is 1.93 bits per heavy atom. The van der Waals surface area contributed by atoms with Crippen molar-refractivity contribution in [2.45, 2.75) is 76.9 Å². The quantitative estimate of drug-likeness (QED) is 0.722. The number of ether oxygens (including phenoxy) is 1. The lowest BCUT2D eigenvalue weighted by molar-refractivity contribution is 0.0943. The van der Waals surface area contributed by atoms with Crippen LogP contribution in [0.2, 0.25) is 0 Å². The minimum Gasteiger partial charge on any atom is -0.490 e. The molecule has 2 saturated carbocycles. The molecule has 0 spiro atoms.